The summed E-state index contributed by atoms with van der Waals surface area (Å²) in [5, 5.41) is 5.43. The highest BCUT2D eigenvalue weighted by Crippen LogP contribution is 2.20. The average Bonchev–Trinajstić information content (AvgIpc) is 2.34. The van der Waals surface area contributed by atoms with Crippen molar-refractivity contribution in [1.82, 2.24) is 5.32 Å². The van der Waals surface area contributed by atoms with E-state index in [1.54, 1.807) is 0 Å². The summed E-state index contributed by atoms with van der Waals surface area (Å²) >= 11 is 0. The van der Waals surface area contributed by atoms with Crippen molar-refractivity contribution < 1.29 is 4.79 Å². The van der Waals surface area contributed by atoms with Crippen molar-refractivity contribution in [3.63, 3.8) is 0 Å². The van der Waals surface area contributed by atoms with Crippen molar-refractivity contribution in [2.24, 2.45) is 5.41 Å². The number of benzene rings is 2. The molecular formula is C17H21NO. The van der Waals surface area contributed by atoms with Crippen LogP contribution in [0.15, 0.2) is 42.5 Å². The van der Waals surface area contributed by atoms with Gasteiger partial charge in [-0.25, -0.2) is 0 Å². The smallest absolute Gasteiger partial charge is 0.220 e. The minimum absolute atomic E-state index is 0.0306. The van der Waals surface area contributed by atoms with E-state index in [2.05, 4.69) is 50.4 Å². The Morgan fingerprint density at radius 2 is 1.74 bits per heavy atom. The van der Waals surface area contributed by atoms with Gasteiger partial charge >= 0.3 is 0 Å². The van der Waals surface area contributed by atoms with Crippen LogP contribution in [0.4, 0.5) is 0 Å². The predicted octanol–water partition coefficient (Wildman–Crippen LogP) is 3.89. The fourth-order valence-electron chi connectivity index (χ4n) is 2.18. The highest BCUT2D eigenvalue weighted by atomic mass is 16.1. The standard InChI is InChI=1S/C17H21NO/c1-17(2,3)11-16(19)18-12-14-9-6-8-13-7-4-5-10-15(13)14/h4-10H,11-12H2,1-3H3,(H,18,19). The third-order valence-electron chi connectivity index (χ3n) is 3.05. The van der Waals surface area contributed by atoms with Gasteiger partial charge in [0, 0.05) is 13.0 Å². The lowest BCUT2D eigenvalue weighted by molar-refractivity contribution is -0.122. The van der Waals surface area contributed by atoms with E-state index in [1.807, 2.05) is 18.2 Å². The third-order valence-corrected chi connectivity index (χ3v) is 3.05. The summed E-state index contributed by atoms with van der Waals surface area (Å²) in [4.78, 5) is 11.9. The number of rotatable bonds is 3. The van der Waals surface area contributed by atoms with E-state index in [0.717, 1.165) is 0 Å². The molecule has 0 saturated carbocycles. The molecule has 2 aromatic rings. The van der Waals surface area contributed by atoms with Crippen molar-refractivity contribution in [2.75, 3.05) is 0 Å². The molecule has 0 fully saturated rings. The van der Waals surface area contributed by atoms with Gasteiger partial charge in [-0.3, -0.25) is 4.79 Å². The molecule has 0 heterocycles. The Hall–Kier alpha value is -1.83. The van der Waals surface area contributed by atoms with Gasteiger partial charge in [0.15, 0.2) is 0 Å². The van der Waals surface area contributed by atoms with Gasteiger partial charge in [0.05, 0.1) is 0 Å². The number of fused-ring (bicyclic) bond motifs is 1. The monoisotopic (exact) mass is 255 g/mol. The van der Waals surface area contributed by atoms with Gasteiger partial charge in [-0.15, -0.1) is 0 Å². The van der Waals surface area contributed by atoms with Crippen molar-refractivity contribution in [2.45, 2.75) is 33.7 Å². The molecule has 100 valence electrons. The molecule has 19 heavy (non-hydrogen) atoms. The van der Waals surface area contributed by atoms with Crippen molar-refractivity contribution in [3.8, 4) is 0 Å². The molecule has 0 spiro atoms. The van der Waals surface area contributed by atoms with Gasteiger partial charge in [0.2, 0.25) is 5.91 Å². The molecule has 0 bridgehead atoms. The number of carbonyl (C=O) groups excluding carboxylic acids is 1. The highest BCUT2D eigenvalue weighted by molar-refractivity contribution is 5.86. The third kappa shape index (κ3) is 3.82. The van der Waals surface area contributed by atoms with Crippen LogP contribution in [0, 0.1) is 5.41 Å². The molecule has 1 N–H and O–H groups in total. The summed E-state index contributed by atoms with van der Waals surface area (Å²) in [5.41, 5.74) is 1.20. The molecule has 0 atom stereocenters. The van der Waals surface area contributed by atoms with Gasteiger partial charge in [0.1, 0.15) is 0 Å². The number of hydrogen-bond donors (Lipinski definition) is 1. The molecule has 0 aliphatic rings. The van der Waals surface area contributed by atoms with Crippen LogP contribution in [-0.4, -0.2) is 5.91 Å². The van der Waals surface area contributed by atoms with E-state index in [-0.39, 0.29) is 11.3 Å². The van der Waals surface area contributed by atoms with Gasteiger partial charge in [-0.05, 0) is 21.8 Å². The Balaban J connectivity index is 2.08. The summed E-state index contributed by atoms with van der Waals surface area (Å²) in [6.07, 6.45) is 0.553. The van der Waals surface area contributed by atoms with Gasteiger partial charge in [-0.1, -0.05) is 63.2 Å². The number of nitrogens with one attached hydrogen (secondary N) is 1. The molecule has 2 nitrogen and oxygen atoms in total. The molecule has 0 aliphatic heterocycles. The van der Waals surface area contributed by atoms with Crippen LogP contribution in [0.1, 0.15) is 32.8 Å². The molecule has 2 aromatic carbocycles. The van der Waals surface area contributed by atoms with Crippen LogP contribution >= 0.6 is 0 Å². The Bertz CT molecular complexity index is 576. The Morgan fingerprint density at radius 1 is 1.05 bits per heavy atom. The van der Waals surface area contributed by atoms with Crippen LogP contribution in [-0.2, 0) is 11.3 Å². The zero-order valence-electron chi connectivity index (χ0n) is 11.9. The molecular weight excluding hydrogens is 234 g/mol. The molecule has 0 aliphatic carbocycles. The summed E-state index contributed by atoms with van der Waals surface area (Å²) in [5.74, 6) is 0.112. The number of carbonyl (C=O) groups is 1. The second-order valence-corrected chi connectivity index (χ2v) is 6.15. The zero-order valence-corrected chi connectivity index (χ0v) is 11.9. The van der Waals surface area contributed by atoms with Crippen LogP contribution < -0.4 is 5.32 Å². The second kappa shape index (κ2) is 5.43. The first kappa shape index (κ1) is 13.6. The van der Waals surface area contributed by atoms with Crippen LogP contribution in [0.5, 0.6) is 0 Å². The van der Waals surface area contributed by atoms with Gasteiger partial charge < -0.3 is 5.32 Å². The quantitative estimate of drug-likeness (QED) is 0.885. The number of hydrogen-bond acceptors (Lipinski definition) is 1. The summed E-state index contributed by atoms with van der Waals surface area (Å²) < 4.78 is 0. The van der Waals surface area contributed by atoms with Crippen molar-refractivity contribution in [1.29, 1.82) is 0 Å². The molecule has 2 rings (SSSR count). The van der Waals surface area contributed by atoms with Crippen molar-refractivity contribution >= 4 is 16.7 Å². The summed E-state index contributed by atoms with van der Waals surface area (Å²) in [7, 11) is 0. The number of amides is 1. The average molecular weight is 255 g/mol. The van der Waals surface area contributed by atoms with Crippen LogP contribution in [0.25, 0.3) is 10.8 Å². The van der Waals surface area contributed by atoms with Crippen LogP contribution in [0.2, 0.25) is 0 Å². The zero-order chi connectivity index (χ0) is 13.9. The lowest BCUT2D eigenvalue weighted by Crippen LogP contribution is -2.27. The van der Waals surface area contributed by atoms with Gasteiger partial charge in [-0.2, -0.15) is 0 Å². The Kier molecular flexibility index (Phi) is 3.89. The Labute approximate surface area is 114 Å². The SMILES string of the molecule is CC(C)(C)CC(=O)NCc1cccc2ccccc12. The molecule has 2 heteroatoms. The molecule has 0 unspecified atom stereocenters. The largest absolute Gasteiger partial charge is 0.352 e. The normalized spacial score (nSPS) is 11.5. The fraction of sp³-hybridized carbons (Fsp3) is 0.353. The van der Waals surface area contributed by atoms with E-state index in [1.165, 1.54) is 16.3 Å². The molecule has 1 amide bonds. The highest BCUT2D eigenvalue weighted by Gasteiger charge is 2.15. The first-order valence-corrected chi connectivity index (χ1v) is 6.69. The maximum atomic E-state index is 11.9. The predicted molar refractivity (Wildman–Crippen MR) is 79.9 cm³/mol. The lowest BCUT2D eigenvalue weighted by Gasteiger charge is -2.17. The van der Waals surface area contributed by atoms with Gasteiger partial charge in [0.25, 0.3) is 0 Å². The lowest BCUT2D eigenvalue weighted by atomic mass is 9.92. The summed E-state index contributed by atoms with van der Waals surface area (Å²) in [6.45, 7) is 6.82. The minimum Gasteiger partial charge on any atom is -0.352 e. The maximum absolute atomic E-state index is 11.9. The van der Waals surface area contributed by atoms with E-state index >= 15 is 0 Å². The fourth-order valence-corrected chi connectivity index (χ4v) is 2.18. The van der Waals surface area contributed by atoms with Crippen molar-refractivity contribution in [3.05, 3.63) is 48.0 Å². The maximum Gasteiger partial charge on any atom is 0.220 e. The first-order chi connectivity index (χ1) is 8.96. The molecule has 0 saturated heterocycles. The second-order valence-electron chi connectivity index (χ2n) is 6.15. The molecule has 0 radical (unpaired) electrons. The topological polar surface area (TPSA) is 29.1 Å². The van der Waals surface area contributed by atoms with E-state index in [4.69, 9.17) is 0 Å². The van der Waals surface area contributed by atoms with E-state index < -0.39 is 0 Å². The minimum atomic E-state index is 0.0306. The molecule has 0 aromatic heterocycles. The van der Waals surface area contributed by atoms with E-state index in [9.17, 15) is 4.79 Å². The Morgan fingerprint density at radius 3 is 2.47 bits per heavy atom. The van der Waals surface area contributed by atoms with E-state index in [0.29, 0.717) is 13.0 Å². The van der Waals surface area contributed by atoms with Crippen LogP contribution in [0.3, 0.4) is 0 Å². The first-order valence-electron chi connectivity index (χ1n) is 6.69. The summed E-state index contributed by atoms with van der Waals surface area (Å²) in [6, 6.07) is 14.5.